The molecule has 0 aliphatic carbocycles. The number of unbranched alkanes of at least 4 members (excludes halogenated alkanes) is 12. The van der Waals surface area contributed by atoms with E-state index in [-0.39, 0.29) is 105 Å². The van der Waals surface area contributed by atoms with Crippen molar-refractivity contribution in [3.8, 4) is 11.5 Å². The lowest BCUT2D eigenvalue weighted by Crippen LogP contribution is -2.52. The predicted octanol–water partition coefficient (Wildman–Crippen LogP) is 17.2. The molecule has 6 aliphatic rings. The number of Topliss-reactive ketones (excluding diaryl/α,β-unsaturated/α-hetero) is 3. The number of ether oxygens (including phenoxy) is 6. The number of ketones is 3. The summed E-state index contributed by atoms with van der Waals surface area (Å²) in [7, 11) is 5.28. The van der Waals surface area contributed by atoms with E-state index in [1.54, 1.807) is 66.7 Å². The zero-order chi connectivity index (χ0) is 93.4. The molecule has 6 heterocycles. The molecule has 0 aromatic heterocycles. The minimum absolute atomic E-state index is 0.0133. The van der Waals surface area contributed by atoms with E-state index in [1.165, 1.54) is 98.9 Å². The number of piperidine rings is 3. The van der Waals surface area contributed by atoms with Crippen molar-refractivity contribution in [2.45, 2.75) is 239 Å². The second-order valence-electron chi connectivity index (χ2n) is 33.7. The largest absolute Gasteiger partial charge is 0.493 e. The molecule has 3 saturated heterocycles. The van der Waals surface area contributed by atoms with Crippen LogP contribution in [-0.4, -0.2) is 197 Å². The number of carbonyl (C=O) groups excluding carboxylic acids is 12. The highest BCUT2D eigenvalue weighted by Gasteiger charge is 2.43. The maximum Gasteiger partial charge on any atom is 0.255 e. The van der Waals surface area contributed by atoms with E-state index in [4.69, 9.17) is 28.4 Å². The first kappa shape index (κ1) is 101. The van der Waals surface area contributed by atoms with Gasteiger partial charge in [-0.25, -0.2) is 0 Å². The van der Waals surface area contributed by atoms with Gasteiger partial charge < -0.3 is 52.9 Å². The first-order valence-corrected chi connectivity index (χ1v) is 46.4. The summed E-state index contributed by atoms with van der Waals surface area (Å²) < 4.78 is 33.9. The number of nitrogens with zero attached hydrogens (tertiary/aromatic N) is 11. The average molecular weight is 1800 g/mol. The fourth-order valence-electron chi connectivity index (χ4n) is 16.1. The van der Waals surface area contributed by atoms with Gasteiger partial charge in [0.25, 0.3) is 17.7 Å². The Bertz CT molecular complexity index is 5000. The zero-order valence-corrected chi connectivity index (χ0v) is 77.0. The third-order valence-electron chi connectivity index (χ3n) is 23.5. The normalized spacial score (nSPS) is 16.5. The molecule has 0 saturated carbocycles. The van der Waals surface area contributed by atoms with Crippen molar-refractivity contribution < 1.29 is 86.0 Å². The molecule has 3 unspecified atom stereocenters. The van der Waals surface area contributed by atoms with Crippen molar-refractivity contribution in [1.29, 1.82) is 0 Å². The highest BCUT2D eigenvalue weighted by Crippen LogP contribution is 2.41. The highest BCUT2D eigenvalue weighted by atomic mass is 16.5. The number of hydrogen-bond acceptors (Lipinski definition) is 26. The van der Waals surface area contributed by atoms with Gasteiger partial charge in [-0.3, -0.25) is 73.5 Å². The summed E-state index contributed by atoms with van der Waals surface area (Å²) in [6.07, 6.45) is 23.1. The van der Waals surface area contributed by atoms with Crippen molar-refractivity contribution in [1.82, 2.24) is 30.7 Å². The number of hydrogen-bond donors (Lipinski definition) is 3. The van der Waals surface area contributed by atoms with E-state index in [0.717, 1.165) is 62.4 Å². The smallest absolute Gasteiger partial charge is 0.255 e. The summed E-state index contributed by atoms with van der Waals surface area (Å²) in [4.78, 5) is 156. The Labute approximate surface area is 767 Å². The van der Waals surface area contributed by atoms with Crippen molar-refractivity contribution in [2.75, 3.05) is 104 Å². The average Bonchev–Trinajstić information content (AvgIpc) is 1.63. The quantitative estimate of drug-likeness (QED) is 0.0181. The van der Waals surface area contributed by atoms with Crippen LogP contribution >= 0.6 is 0 Å². The Morgan fingerprint density at radius 1 is 0.389 bits per heavy atom. The van der Waals surface area contributed by atoms with Crippen LogP contribution < -0.4 is 35.2 Å². The van der Waals surface area contributed by atoms with E-state index < -0.39 is 35.8 Å². The van der Waals surface area contributed by atoms with Crippen LogP contribution in [0.25, 0.3) is 0 Å². The van der Waals surface area contributed by atoms with Gasteiger partial charge in [-0.15, -0.1) is 0 Å². The fourth-order valence-corrected chi connectivity index (χ4v) is 16.1. The van der Waals surface area contributed by atoms with Gasteiger partial charge in [0.1, 0.15) is 24.7 Å². The predicted molar refractivity (Wildman–Crippen MR) is 495 cm³/mol. The summed E-state index contributed by atoms with van der Waals surface area (Å²) in [6, 6.07) is 31.9. The standard InChI is InChI=1S/C34H45N5O6.C33H42N4O7.C32H41N5O5/c1-3-4-5-6-7-19-44-21-22-45-20-9-10-27(40)23-38(2)26-15-13-25(14-16-26)36-37-30-12-8-11-28-29(30)24-39(34(28)43)31-17-18-32(41)35-33(31)42;1-4-5-6-7-8-16-43-17-10-11-24(38)21-44-31-22(2)18-23(19-29(31)42-3)35-36-27-13-9-12-25-26(27)20-37(33(25)41)28-14-15-30(39)34-32(28)40;1-3-4-5-6-7-19-42-20-9-10-25(38)21-36(2)24-15-13-23(14-16-24)34-35-28-12-8-11-26-27(28)22-37(32(26)41)29-17-18-30(39)33-31(29)40/h8,11-16,31H,3-7,9-10,17-24H2,1-2H3,(H,35,41,42);9,12-13,18-19,28H,4-8,10-11,14-17,20-21H2,1-3H3,(H,34,39,40);8,11-16,29H,3-7,9-10,17-22H2,1-2H3,(H,33,39,40). The summed E-state index contributed by atoms with van der Waals surface area (Å²) in [5.74, 6) is -1.89. The van der Waals surface area contributed by atoms with Crippen molar-refractivity contribution in [3.05, 3.63) is 154 Å². The van der Waals surface area contributed by atoms with Gasteiger partial charge in [0.2, 0.25) is 35.4 Å². The van der Waals surface area contributed by atoms with E-state index >= 15 is 0 Å². The molecule has 32 nitrogen and oxygen atoms in total. The third kappa shape index (κ3) is 30.8. The number of fused-ring (bicyclic) bond motifs is 3. The summed E-state index contributed by atoms with van der Waals surface area (Å²) in [6.45, 7) is 14.8. The Balaban J connectivity index is 0.000000204. The number of likely N-dealkylation sites (N-methyl/N-ethyl adjacent to an activating group) is 2. The van der Waals surface area contributed by atoms with Crippen molar-refractivity contribution in [3.63, 3.8) is 0 Å². The molecule has 3 atom stereocenters. The van der Waals surface area contributed by atoms with E-state index in [2.05, 4.69) is 67.4 Å². The lowest BCUT2D eigenvalue weighted by Gasteiger charge is -2.29. The van der Waals surface area contributed by atoms with Crippen molar-refractivity contribution >= 4 is 116 Å². The molecule has 702 valence electrons. The van der Waals surface area contributed by atoms with E-state index in [0.29, 0.717) is 170 Å². The van der Waals surface area contributed by atoms with Gasteiger partial charge in [-0.1, -0.05) is 116 Å². The van der Waals surface area contributed by atoms with Crippen LogP contribution in [0, 0.1) is 6.92 Å². The molecule has 6 aromatic rings. The minimum Gasteiger partial charge on any atom is -0.493 e. The number of nitrogens with one attached hydrogen (secondary N) is 3. The molecule has 0 spiro atoms. The number of rotatable bonds is 52. The number of aryl methyl sites for hydroxylation is 1. The van der Waals surface area contributed by atoms with Crippen molar-refractivity contribution in [2.24, 2.45) is 30.7 Å². The molecular formula is C99H128N14O18. The number of amides is 9. The van der Waals surface area contributed by atoms with E-state index in [1.807, 2.05) is 79.3 Å². The Morgan fingerprint density at radius 2 is 0.718 bits per heavy atom. The molecule has 6 aromatic carbocycles. The van der Waals surface area contributed by atoms with Gasteiger partial charge in [0, 0.05) is 163 Å². The Hall–Kier alpha value is -12.0. The highest BCUT2D eigenvalue weighted by molar-refractivity contribution is 6.08. The lowest BCUT2D eigenvalue weighted by atomic mass is 10.0. The molecular weight excluding hydrogens is 1670 g/mol. The van der Waals surface area contributed by atoms with Crippen LogP contribution in [-0.2, 0) is 81.7 Å². The molecule has 6 aliphatic heterocycles. The number of methoxy groups -OCH3 is 1. The number of anilines is 2. The number of imide groups is 3. The lowest BCUT2D eigenvalue weighted by molar-refractivity contribution is -0.138. The molecule has 131 heavy (non-hydrogen) atoms. The topological polar surface area (TPSA) is 387 Å². The molecule has 12 rings (SSSR count). The fraction of sp³-hybridized carbons (Fsp3) is 0.515. The molecule has 3 fully saturated rings. The van der Waals surface area contributed by atoms with Crippen LogP contribution in [0.2, 0.25) is 0 Å². The minimum atomic E-state index is -0.706. The molecule has 0 radical (unpaired) electrons. The number of carbonyl (C=O) groups is 12. The van der Waals surface area contributed by atoms with Gasteiger partial charge in [-0.2, -0.15) is 30.7 Å². The van der Waals surface area contributed by atoms with Gasteiger partial charge in [-0.05, 0) is 161 Å². The number of azo groups is 3. The summed E-state index contributed by atoms with van der Waals surface area (Å²) in [5, 5.41) is 33.3. The number of benzene rings is 6. The summed E-state index contributed by atoms with van der Waals surface area (Å²) in [5.41, 5.74) is 9.43. The monoisotopic (exact) mass is 1800 g/mol. The van der Waals surface area contributed by atoms with Gasteiger partial charge >= 0.3 is 0 Å². The maximum absolute atomic E-state index is 13.1. The van der Waals surface area contributed by atoms with Crippen LogP contribution in [0.1, 0.15) is 247 Å². The van der Waals surface area contributed by atoms with E-state index in [9.17, 15) is 57.5 Å². The van der Waals surface area contributed by atoms with Crippen LogP contribution in [0.4, 0.5) is 45.5 Å². The molecule has 0 bridgehead atoms. The SMILES string of the molecule is CCCCCCCOCCCC(=O)CN(C)c1ccc(N=Nc2cccc3c2CN(C2CCC(=O)NC2=O)C3=O)cc1.CCCCCCCOCCCC(=O)COc1c(C)cc(N=Nc2cccc3c2CN(C2CCC(=O)NC2=O)C3=O)cc1OC.CCCCCCCOCCOCCCC(=O)CN(C)c1ccc(N=Nc2cccc3c2CN(C2CCC(=O)NC2=O)C3=O)cc1. The molecule has 32 heteroatoms. The first-order valence-electron chi connectivity index (χ1n) is 46.4. The van der Waals surface area contributed by atoms with Crippen LogP contribution in [0.5, 0.6) is 11.5 Å². The Morgan fingerprint density at radius 3 is 1.06 bits per heavy atom. The summed E-state index contributed by atoms with van der Waals surface area (Å²) >= 11 is 0. The maximum atomic E-state index is 13.1. The third-order valence-corrected chi connectivity index (χ3v) is 23.5. The molecule has 9 amide bonds. The Kier molecular flexibility index (Phi) is 41.2. The molecule has 3 N–H and O–H groups in total. The second kappa shape index (κ2) is 53.4. The zero-order valence-electron chi connectivity index (χ0n) is 77.0. The van der Waals surface area contributed by atoms with Crippen LogP contribution in [0.3, 0.4) is 0 Å². The second-order valence-corrected chi connectivity index (χ2v) is 33.7. The first-order chi connectivity index (χ1) is 63.6. The van der Waals surface area contributed by atoms with Crippen LogP contribution in [0.15, 0.2) is 146 Å². The van der Waals surface area contributed by atoms with Gasteiger partial charge in [0.05, 0.1) is 67.5 Å². The van der Waals surface area contributed by atoms with Gasteiger partial charge in [0.15, 0.2) is 28.8 Å².